The highest BCUT2D eigenvalue weighted by molar-refractivity contribution is 7.71. The number of allylic oxidation sites excluding steroid dienone is 1. The fourth-order valence-corrected chi connectivity index (χ4v) is 4.38. The van der Waals surface area contributed by atoms with Gasteiger partial charge < -0.3 is 10.3 Å². The molecule has 0 aliphatic carbocycles. The van der Waals surface area contributed by atoms with Crippen LogP contribution in [-0.2, 0) is 19.6 Å². The number of rotatable bonds is 7. The van der Waals surface area contributed by atoms with E-state index in [1.807, 2.05) is 0 Å². The summed E-state index contributed by atoms with van der Waals surface area (Å²) in [5.41, 5.74) is 3.18. The molecule has 1 amide bonds. The van der Waals surface area contributed by atoms with Crippen molar-refractivity contribution in [2.45, 2.75) is 38.9 Å². The van der Waals surface area contributed by atoms with Crippen molar-refractivity contribution >= 4 is 29.0 Å². The number of piperidine rings is 1. The minimum absolute atomic E-state index is 0.194. The standard InChI is InChI=1S/C25H28N4O2S/c1-2-12-29-24(31)21-11-10-20(15-22(21)27-25(29)32)23(30)26-16-18-6-8-19(9-7-18)17-28-13-4-3-5-14-28/h2,6-11,15H,1,3-5,12-14,16-17H2,(H,26,30)(H,27,32). The largest absolute Gasteiger partial charge is 0.348 e. The van der Waals surface area contributed by atoms with Gasteiger partial charge in [0.15, 0.2) is 4.77 Å². The first-order valence-corrected chi connectivity index (χ1v) is 11.4. The number of fused-ring (bicyclic) bond motifs is 1. The fourth-order valence-electron chi connectivity index (χ4n) is 4.11. The predicted octanol–water partition coefficient (Wildman–Crippen LogP) is 4.16. The van der Waals surface area contributed by atoms with Crippen molar-refractivity contribution in [1.29, 1.82) is 0 Å². The van der Waals surface area contributed by atoms with Gasteiger partial charge in [-0.2, -0.15) is 0 Å². The Morgan fingerprint density at radius 1 is 1.09 bits per heavy atom. The van der Waals surface area contributed by atoms with Crippen LogP contribution >= 0.6 is 12.2 Å². The zero-order valence-electron chi connectivity index (χ0n) is 18.1. The van der Waals surface area contributed by atoms with E-state index in [1.54, 1.807) is 24.3 Å². The third kappa shape index (κ3) is 5.06. The van der Waals surface area contributed by atoms with E-state index in [1.165, 1.54) is 42.5 Å². The van der Waals surface area contributed by atoms with Crippen molar-refractivity contribution in [3.05, 3.63) is 86.9 Å². The molecule has 3 aromatic rings. The lowest BCUT2D eigenvalue weighted by Crippen LogP contribution is -2.29. The molecular formula is C25H28N4O2S. The van der Waals surface area contributed by atoms with Gasteiger partial charge in [0.1, 0.15) is 0 Å². The van der Waals surface area contributed by atoms with E-state index < -0.39 is 0 Å². The highest BCUT2D eigenvalue weighted by Crippen LogP contribution is 2.14. The molecule has 2 heterocycles. The molecule has 1 aliphatic rings. The first-order valence-electron chi connectivity index (χ1n) is 11.0. The van der Waals surface area contributed by atoms with E-state index >= 15 is 0 Å². The van der Waals surface area contributed by atoms with Crippen LogP contribution in [0.25, 0.3) is 10.9 Å². The number of benzene rings is 2. The average molecular weight is 449 g/mol. The number of aromatic amines is 1. The monoisotopic (exact) mass is 448 g/mol. The van der Waals surface area contributed by atoms with Crippen molar-refractivity contribution in [2.75, 3.05) is 13.1 Å². The molecule has 166 valence electrons. The molecule has 1 saturated heterocycles. The lowest BCUT2D eigenvalue weighted by Gasteiger charge is -2.26. The lowest BCUT2D eigenvalue weighted by atomic mass is 10.1. The Balaban J connectivity index is 1.41. The fraction of sp³-hybridized carbons (Fsp3) is 0.320. The van der Waals surface area contributed by atoms with Crippen LogP contribution in [-0.4, -0.2) is 33.4 Å². The first kappa shape index (κ1) is 22.2. The minimum atomic E-state index is -0.195. The zero-order chi connectivity index (χ0) is 22.5. The second-order valence-electron chi connectivity index (χ2n) is 8.23. The van der Waals surface area contributed by atoms with Crippen molar-refractivity contribution in [3.63, 3.8) is 0 Å². The van der Waals surface area contributed by atoms with Crippen LogP contribution in [0.15, 0.2) is 59.9 Å². The Morgan fingerprint density at radius 3 is 2.53 bits per heavy atom. The average Bonchev–Trinajstić information content (AvgIpc) is 2.81. The van der Waals surface area contributed by atoms with Crippen LogP contribution in [0.5, 0.6) is 0 Å². The Morgan fingerprint density at radius 2 is 1.81 bits per heavy atom. The van der Waals surface area contributed by atoms with Crippen LogP contribution in [0.3, 0.4) is 0 Å². The van der Waals surface area contributed by atoms with E-state index in [-0.39, 0.29) is 11.5 Å². The van der Waals surface area contributed by atoms with Gasteiger partial charge in [0.05, 0.1) is 10.9 Å². The summed E-state index contributed by atoms with van der Waals surface area (Å²) in [6.45, 7) is 7.77. The second-order valence-corrected chi connectivity index (χ2v) is 8.62. The Hall–Kier alpha value is -3.03. The third-order valence-electron chi connectivity index (χ3n) is 5.89. The molecule has 2 N–H and O–H groups in total. The summed E-state index contributed by atoms with van der Waals surface area (Å²) in [6.07, 6.45) is 5.54. The number of carbonyl (C=O) groups excluding carboxylic acids is 1. The number of amides is 1. The van der Waals surface area contributed by atoms with Crippen LogP contribution in [0.4, 0.5) is 0 Å². The maximum Gasteiger partial charge on any atom is 0.262 e. The van der Waals surface area contributed by atoms with Gasteiger partial charge in [-0.3, -0.25) is 19.1 Å². The number of hydrogen-bond donors (Lipinski definition) is 2. The van der Waals surface area contributed by atoms with E-state index in [0.717, 1.165) is 12.1 Å². The molecule has 0 bridgehead atoms. The van der Waals surface area contributed by atoms with E-state index in [9.17, 15) is 9.59 Å². The van der Waals surface area contributed by atoms with Crippen molar-refractivity contribution in [1.82, 2.24) is 19.8 Å². The summed E-state index contributed by atoms with van der Waals surface area (Å²) in [6, 6.07) is 13.4. The lowest BCUT2D eigenvalue weighted by molar-refractivity contribution is 0.0951. The van der Waals surface area contributed by atoms with Gasteiger partial charge in [-0.1, -0.05) is 36.8 Å². The normalized spacial score (nSPS) is 14.4. The molecule has 0 spiro atoms. The van der Waals surface area contributed by atoms with Gasteiger partial charge in [-0.05, 0) is 67.5 Å². The number of hydrogen-bond acceptors (Lipinski definition) is 4. The topological polar surface area (TPSA) is 70.1 Å². The van der Waals surface area contributed by atoms with Gasteiger partial charge in [-0.15, -0.1) is 6.58 Å². The molecule has 7 heteroatoms. The summed E-state index contributed by atoms with van der Waals surface area (Å²) < 4.78 is 1.75. The zero-order valence-corrected chi connectivity index (χ0v) is 18.9. The maximum atomic E-state index is 12.7. The Labute approximate surface area is 192 Å². The van der Waals surface area contributed by atoms with Crippen molar-refractivity contribution in [3.8, 4) is 0 Å². The molecule has 2 aromatic carbocycles. The molecule has 32 heavy (non-hydrogen) atoms. The highest BCUT2D eigenvalue weighted by Gasteiger charge is 2.12. The summed E-state index contributed by atoms with van der Waals surface area (Å²) in [5, 5.41) is 3.44. The summed E-state index contributed by atoms with van der Waals surface area (Å²) in [5.74, 6) is -0.195. The smallest absolute Gasteiger partial charge is 0.262 e. The maximum absolute atomic E-state index is 12.7. The second kappa shape index (κ2) is 10.1. The SMILES string of the molecule is C=CCn1c(=S)[nH]c2cc(C(=O)NCc3ccc(CN4CCCCC4)cc3)ccc2c1=O. The van der Waals surface area contributed by atoms with Crippen molar-refractivity contribution < 1.29 is 4.79 Å². The highest BCUT2D eigenvalue weighted by atomic mass is 32.1. The van der Waals surface area contributed by atoms with Crippen LogP contribution in [0.1, 0.15) is 40.7 Å². The van der Waals surface area contributed by atoms with Crippen LogP contribution in [0.2, 0.25) is 0 Å². The van der Waals surface area contributed by atoms with E-state index in [2.05, 4.69) is 46.0 Å². The van der Waals surface area contributed by atoms with E-state index in [4.69, 9.17) is 12.2 Å². The minimum Gasteiger partial charge on any atom is -0.348 e. The molecule has 1 aliphatic heterocycles. The van der Waals surface area contributed by atoms with E-state index in [0.29, 0.717) is 34.3 Å². The van der Waals surface area contributed by atoms with Gasteiger partial charge in [0.2, 0.25) is 0 Å². The van der Waals surface area contributed by atoms with Crippen LogP contribution in [0, 0.1) is 4.77 Å². The summed E-state index contributed by atoms with van der Waals surface area (Å²) >= 11 is 5.27. The molecule has 1 fully saturated rings. The van der Waals surface area contributed by atoms with Gasteiger partial charge >= 0.3 is 0 Å². The van der Waals surface area contributed by atoms with Crippen LogP contribution < -0.4 is 10.9 Å². The Kier molecular flexibility index (Phi) is 6.97. The molecule has 0 atom stereocenters. The quantitative estimate of drug-likeness (QED) is 0.421. The number of nitrogens with zero attached hydrogens (tertiary/aromatic N) is 2. The molecule has 6 nitrogen and oxygen atoms in total. The van der Waals surface area contributed by atoms with Gasteiger partial charge in [-0.25, -0.2) is 0 Å². The third-order valence-corrected chi connectivity index (χ3v) is 6.21. The number of H-pyrrole nitrogens is 1. The first-order chi connectivity index (χ1) is 15.5. The molecule has 0 radical (unpaired) electrons. The molecular weight excluding hydrogens is 420 g/mol. The predicted molar refractivity (Wildman–Crippen MR) is 130 cm³/mol. The number of aromatic nitrogens is 2. The number of nitrogens with one attached hydrogen (secondary N) is 2. The number of carbonyl (C=O) groups is 1. The molecule has 0 saturated carbocycles. The molecule has 4 rings (SSSR count). The van der Waals surface area contributed by atoms with Gasteiger partial charge in [0.25, 0.3) is 11.5 Å². The molecule has 1 aromatic heterocycles. The number of likely N-dealkylation sites (tertiary alicyclic amines) is 1. The Bertz CT molecular complexity index is 1240. The van der Waals surface area contributed by atoms with Crippen molar-refractivity contribution in [2.24, 2.45) is 0 Å². The van der Waals surface area contributed by atoms with Gasteiger partial charge in [0, 0.05) is 25.2 Å². The molecule has 0 unspecified atom stereocenters. The summed E-state index contributed by atoms with van der Waals surface area (Å²) in [7, 11) is 0. The summed E-state index contributed by atoms with van der Waals surface area (Å²) in [4.78, 5) is 30.8.